The number of hydrogen-bond acceptors (Lipinski definition) is 6. The molecule has 2 amide bonds. The number of nitriles is 1. The smallest absolute Gasteiger partial charge is 0.269 e. The summed E-state index contributed by atoms with van der Waals surface area (Å²) in [5.41, 5.74) is 6.83. The van der Waals surface area contributed by atoms with E-state index >= 15 is 0 Å². The Morgan fingerprint density at radius 3 is 2.02 bits per heavy atom. The Bertz CT molecular complexity index is 1400. The highest BCUT2D eigenvalue weighted by atomic mass is 35.5. The van der Waals surface area contributed by atoms with Gasteiger partial charge in [-0.1, -0.05) is 64.7 Å². The van der Waals surface area contributed by atoms with E-state index in [0.29, 0.717) is 32.6 Å². The normalized spacial score (nSPS) is 13.9. The van der Waals surface area contributed by atoms with E-state index in [1.807, 2.05) is 6.92 Å². The maximum absolute atomic E-state index is 13.6. The number of carbonyl (C=O) groups is 2. The van der Waals surface area contributed by atoms with Crippen LogP contribution in [0.3, 0.4) is 0 Å². The van der Waals surface area contributed by atoms with E-state index in [9.17, 15) is 14.9 Å². The molecule has 0 fully saturated rings. The lowest BCUT2D eigenvalue weighted by molar-refractivity contribution is -0.124. The van der Waals surface area contributed by atoms with Crippen LogP contribution < -0.4 is 20.6 Å². The minimum atomic E-state index is -2.27. The fourth-order valence-corrected chi connectivity index (χ4v) is 6.57. The van der Waals surface area contributed by atoms with Gasteiger partial charge in [-0.25, -0.2) is 0 Å². The monoisotopic (exact) mass is 664 g/mol. The van der Waals surface area contributed by atoms with E-state index < -0.39 is 40.6 Å². The summed E-state index contributed by atoms with van der Waals surface area (Å²) in [7, 11) is -4.40. The standard InChI is InChI=1S/C31H46Cl2N4O4Si2/c1-19-24(15-13-22(18-34)26(19)33)35-27(20(2)40-42(9,10)30(3,4)5)29(39)37-36-28(38)21-14-16-25(23(32)17-21)41-43(11,12)31(6,7)8/h13-17,20,27,35H,1-12H3,(H,36,38)(H,37,39)/t20-,27+/m0/s1. The Morgan fingerprint density at radius 2 is 1.51 bits per heavy atom. The van der Waals surface area contributed by atoms with E-state index in [1.165, 1.54) is 6.07 Å². The number of nitrogens with one attached hydrogen (secondary N) is 3. The van der Waals surface area contributed by atoms with Gasteiger partial charge in [0.2, 0.25) is 0 Å². The number of hydrazine groups is 1. The average molecular weight is 666 g/mol. The Labute approximate surface area is 269 Å². The first kappa shape index (κ1) is 36.6. The molecule has 0 heterocycles. The highest BCUT2D eigenvalue weighted by Gasteiger charge is 2.41. The van der Waals surface area contributed by atoms with E-state index in [0.717, 1.165) is 0 Å². The molecule has 2 aromatic carbocycles. The molecular formula is C31H46Cl2N4O4Si2. The lowest BCUT2D eigenvalue weighted by Crippen LogP contribution is -2.55. The third kappa shape index (κ3) is 8.99. The van der Waals surface area contributed by atoms with Gasteiger partial charge in [0.1, 0.15) is 17.9 Å². The van der Waals surface area contributed by atoms with Crippen LogP contribution >= 0.6 is 23.2 Å². The fraction of sp³-hybridized carbons (Fsp3) is 0.516. The Morgan fingerprint density at radius 1 is 0.930 bits per heavy atom. The molecule has 2 atom stereocenters. The van der Waals surface area contributed by atoms with Crippen LogP contribution in [0, 0.1) is 18.3 Å². The Balaban J connectivity index is 2.28. The van der Waals surface area contributed by atoms with E-state index in [1.54, 1.807) is 31.2 Å². The second-order valence-corrected chi connectivity index (χ2v) is 24.1. The van der Waals surface area contributed by atoms with Crippen molar-refractivity contribution in [1.29, 1.82) is 5.26 Å². The highest BCUT2D eigenvalue weighted by molar-refractivity contribution is 6.75. The summed E-state index contributed by atoms with van der Waals surface area (Å²) in [5.74, 6) is -0.530. The molecule has 0 spiro atoms. The minimum Gasteiger partial charge on any atom is -0.543 e. The van der Waals surface area contributed by atoms with Gasteiger partial charge in [0.25, 0.3) is 20.1 Å². The lowest BCUT2D eigenvalue weighted by Gasteiger charge is -2.40. The molecule has 0 saturated heterocycles. The van der Waals surface area contributed by atoms with Crippen LogP contribution in [0.5, 0.6) is 5.75 Å². The van der Waals surface area contributed by atoms with Crippen molar-refractivity contribution in [2.45, 2.75) is 104 Å². The molecule has 2 aromatic rings. The summed E-state index contributed by atoms with van der Waals surface area (Å²) in [5, 5.41) is 13.1. The number of rotatable bonds is 9. The van der Waals surface area contributed by atoms with Gasteiger partial charge in [-0.15, -0.1) is 0 Å². The topological polar surface area (TPSA) is 112 Å². The van der Waals surface area contributed by atoms with Crippen LogP contribution in [0.15, 0.2) is 30.3 Å². The third-order valence-corrected chi connectivity index (χ3v) is 18.2. The zero-order chi connectivity index (χ0) is 33.1. The van der Waals surface area contributed by atoms with Crippen LogP contribution in [0.25, 0.3) is 0 Å². The van der Waals surface area contributed by atoms with Crippen molar-refractivity contribution in [1.82, 2.24) is 10.9 Å². The van der Waals surface area contributed by atoms with Crippen LogP contribution in [-0.4, -0.2) is 40.6 Å². The predicted octanol–water partition coefficient (Wildman–Crippen LogP) is 8.21. The van der Waals surface area contributed by atoms with E-state index in [2.05, 4.69) is 90.0 Å². The first-order chi connectivity index (χ1) is 19.5. The number of amides is 2. The van der Waals surface area contributed by atoms with Crippen molar-refractivity contribution in [3.63, 3.8) is 0 Å². The van der Waals surface area contributed by atoms with Gasteiger partial charge < -0.3 is 14.2 Å². The maximum Gasteiger partial charge on any atom is 0.269 e. The molecule has 3 N–H and O–H groups in total. The number of hydrogen-bond donors (Lipinski definition) is 3. The van der Waals surface area contributed by atoms with Crippen molar-refractivity contribution >= 4 is 57.3 Å². The van der Waals surface area contributed by atoms with Crippen molar-refractivity contribution in [2.75, 3.05) is 5.32 Å². The second-order valence-electron chi connectivity index (χ2n) is 13.9. The molecule has 0 aromatic heterocycles. The SMILES string of the molecule is Cc1c(N[C@@H](C(=O)NNC(=O)c2ccc(O[Si](C)(C)C(C)(C)C)c(Cl)c2)[C@H](C)O[Si](C)(C)C(C)(C)C)ccc(C#N)c1Cl. The minimum absolute atomic E-state index is 0.0195. The number of halogens is 2. The summed E-state index contributed by atoms with van der Waals surface area (Å²) in [6.45, 7) is 24.8. The van der Waals surface area contributed by atoms with Crippen LogP contribution in [0.4, 0.5) is 5.69 Å². The fourth-order valence-electron chi connectivity index (χ4n) is 3.62. The predicted molar refractivity (Wildman–Crippen MR) is 181 cm³/mol. The highest BCUT2D eigenvalue weighted by Crippen LogP contribution is 2.40. The number of nitrogens with zero attached hydrogens (tertiary/aromatic N) is 1. The maximum atomic E-state index is 13.6. The quantitative estimate of drug-likeness (QED) is 0.184. The zero-order valence-corrected chi connectivity index (χ0v) is 30.9. The van der Waals surface area contributed by atoms with E-state index in [4.69, 9.17) is 32.1 Å². The Hall–Kier alpha value is -2.56. The zero-order valence-electron chi connectivity index (χ0n) is 27.4. The number of benzene rings is 2. The largest absolute Gasteiger partial charge is 0.543 e. The van der Waals surface area contributed by atoms with Crippen molar-refractivity contribution in [3.05, 3.63) is 57.1 Å². The summed E-state index contributed by atoms with van der Waals surface area (Å²) >= 11 is 12.9. The van der Waals surface area contributed by atoms with Crippen molar-refractivity contribution < 1.29 is 18.4 Å². The molecule has 0 radical (unpaired) electrons. The van der Waals surface area contributed by atoms with Crippen LogP contribution in [-0.2, 0) is 9.22 Å². The van der Waals surface area contributed by atoms with Gasteiger partial charge in [-0.2, -0.15) is 5.26 Å². The summed E-state index contributed by atoms with van der Waals surface area (Å²) in [6, 6.07) is 9.26. The molecule has 236 valence electrons. The first-order valence-electron chi connectivity index (χ1n) is 14.2. The van der Waals surface area contributed by atoms with Gasteiger partial charge in [0, 0.05) is 11.3 Å². The van der Waals surface area contributed by atoms with Gasteiger partial charge >= 0.3 is 0 Å². The molecule has 0 aliphatic carbocycles. The van der Waals surface area contributed by atoms with Crippen molar-refractivity contribution in [3.8, 4) is 11.8 Å². The summed E-state index contributed by atoms with van der Waals surface area (Å²) in [4.78, 5) is 26.6. The summed E-state index contributed by atoms with van der Waals surface area (Å²) < 4.78 is 12.8. The Kier molecular flexibility index (Phi) is 11.6. The molecule has 43 heavy (non-hydrogen) atoms. The molecule has 0 aliphatic heterocycles. The summed E-state index contributed by atoms with van der Waals surface area (Å²) in [6.07, 6.45) is -0.576. The second kappa shape index (κ2) is 13.6. The third-order valence-electron chi connectivity index (χ3n) is 8.52. The van der Waals surface area contributed by atoms with Crippen LogP contribution in [0.1, 0.15) is 70.0 Å². The first-order valence-corrected chi connectivity index (χ1v) is 20.8. The van der Waals surface area contributed by atoms with Gasteiger partial charge in [0.05, 0.1) is 21.7 Å². The molecule has 0 aliphatic rings. The van der Waals surface area contributed by atoms with Crippen LogP contribution in [0.2, 0.25) is 46.3 Å². The van der Waals surface area contributed by atoms with E-state index in [-0.39, 0.29) is 15.6 Å². The van der Waals surface area contributed by atoms with Gasteiger partial charge in [-0.05, 0) is 86.0 Å². The molecule has 2 rings (SSSR count). The van der Waals surface area contributed by atoms with Gasteiger partial charge in [-0.3, -0.25) is 20.4 Å². The van der Waals surface area contributed by atoms with Crippen molar-refractivity contribution in [2.24, 2.45) is 0 Å². The molecule has 0 unspecified atom stereocenters. The molecule has 0 saturated carbocycles. The average Bonchev–Trinajstić information content (AvgIpc) is 2.87. The number of carbonyl (C=O) groups excluding carboxylic acids is 2. The number of anilines is 1. The van der Waals surface area contributed by atoms with Gasteiger partial charge in [0.15, 0.2) is 8.32 Å². The molecule has 8 nitrogen and oxygen atoms in total. The molecule has 12 heteroatoms. The lowest BCUT2D eigenvalue weighted by atomic mass is 10.1. The molecule has 0 bridgehead atoms. The molecular weight excluding hydrogens is 619 g/mol.